The zero-order valence-corrected chi connectivity index (χ0v) is 25.5. The van der Waals surface area contributed by atoms with Gasteiger partial charge in [-0.05, 0) is 37.6 Å². The van der Waals surface area contributed by atoms with Crippen LogP contribution in [-0.2, 0) is 33.4 Å². The molecule has 4 heterocycles. The van der Waals surface area contributed by atoms with Gasteiger partial charge >= 0.3 is 11.9 Å². The van der Waals surface area contributed by atoms with Crippen molar-refractivity contribution in [1.82, 2.24) is 25.6 Å². The SMILES string of the molecule is CCO[C@@H]1OC(=O)C[C@@H]1NC(=O)[C@@H]1CCCN2C(=O)CC[C@H](NC(=O)c3nccc4ccccc34)C(=O)N12.NC(CS)C(=O)O. The van der Waals surface area contributed by atoms with E-state index in [1.165, 1.54) is 16.2 Å². The van der Waals surface area contributed by atoms with Crippen molar-refractivity contribution in [2.24, 2.45) is 5.73 Å². The third-order valence-electron chi connectivity index (χ3n) is 7.49. The number of amides is 4. The molecule has 1 unspecified atom stereocenters. The van der Waals surface area contributed by atoms with Crippen molar-refractivity contribution in [3.8, 4) is 0 Å². The molecule has 16 heteroatoms. The van der Waals surface area contributed by atoms with Crippen molar-refractivity contribution >= 4 is 59.0 Å². The van der Waals surface area contributed by atoms with E-state index in [0.717, 1.165) is 5.39 Å². The van der Waals surface area contributed by atoms with Crippen molar-refractivity contribution in [1.29, 1.82) is 0 Å². The Morgan fingerprint density at radius 3 is 2.62 bits per heavy atom. The van der Waals surface area contributed by atoms with E-state index >= 15 is 0 Å². The quantitative estimate of drug-likeness (QED) is 0.190. The summed E-state index contributed by atoms with van der Waals surface area (Å²) in [5, 5.41) is 17.5. The number of nitrogens with two attached hydrogens (primary N) is 1. The minimum atomic E-state index is -1.03. The van der Waals surface area contributed by atoms with Gasteiger partial charge in [0.1, 0.15) is 29.9 Å². The lowest BCUT2D eigenvalue weighted by Crippen LogP contribution is -2.64. The largest absolute Gasteiger partial charge is 0.480 e. The highest BCUT2D eigenvalue weighted by Crippen LogP contribution is 2.26. The van der Waals surface area contributed by atoms with Gasteiger partial charge in [0.2, 0.25) is 18.1 Å². The van der Waals surface area contributed by atoms with Crippen LogP contribution in [0.25, 0.3) is 10.8 Å². The zero-order chi connectivity index (χ0) is 32.7. The summed E-state index contributed by atoms with van der Waals surface area (Å²) in [4.78, 5) is 79.0. The molecule has 3 aliphatic heterocycles. The van der Waals surface area contributed by atoms with Crippen molar-refractivity contribution in [2.75, 3.05) is 18.9 Å². The number of carboxylic acid groups (broad SMARTS) is 1. The molecule has 0 saturated carbocycles. The molecule has 3 aliphatic rings. The monoisotopic (exact) mass is 644 g/mol. The number of aromatic nitrogens is 1. The molecule has 45 heavy (non-hydrogen) atoms. The number of hydrazine groups is 1. The van der Waals surface area contributed by atoms with Gasteiger partial charge in [0.25, 0.3) is 11.8 Å². The number of nitrogens with zero attached hydrogens (tertiary/aromatic N) is 3. The number of hydrogen-bond donors (Lipinski definition) is 5. The average molecular weight is 645 g/mol. The highest BCUT2D eigenvalue weighted by atomic mass is 32.1. The van der Waals surface area contributed by atoms with Crippen LogP contribution < -0.4 is 16.4 Å². The van der Waals surface area contributed by atoms with Crippen LogP contribution in [0.5, 0.6) is 0 Å². The number of aliphatic carboxylic acids is 1. The lowest BCUT2D eigenvalue weighted by molar-refractivity contribution is -0.177. The first-order chi connectivity index (χ1) is 21.5. The number of carbonyl (C=O) groups is 6. The molecular formula is C29H36N6O9S. The topological polar surface area (TPSA) is 211 Å². The Bertz CT molecular complexity index is 1450. The summed E-state index contributed by atoms with van der Waals surface area (Å²) in [5.41, 5.74) is 5.11. The van der Waals surface area contributed by atoms with E-state index in [0.29, 0.717) is 18.2 Å². The number of pyridine rings is 1. The van der Waals surface area contributed by atoms with Gasteiger partial charge in [-0.2, -0.15) is 12.6 Å². The van der Waals surface area contributed by atoms with E-state index in [1.54, 1.807) is 25.1 Å². The maximum atomic E-state index is 13.7. The van der Waals surface area contributed by atoms with Gasteiger partial charge in [-0.1, -0.05) is 24.3 Å². The van der Waals surface area contributed by atoms with Gasteiger partial charge in [0.05, 0.1) is 6.42 Å². The second kappa shape index (κ2) is 15.1. The fraction of sp³-hybridized carbons (Fsp3) is 0.483. The van der Waals surface area contributed by atoms with Crippen LogP contribution in [0.4, 0.5) is 0 Å². The van der Waals surface area contributed by atoms with Crippen LogP contribution in [0, 0.1) is 0 Å². The Balaban J connectivity index is 0.000000591. The molecule has 0 aliphatic carbocycles. The molecule has 0 radical (unpaired) electrons. The lowest BCUT2D eigenvalue weighted by Gasteiger charge is -2.43. The summed E-state index contributed by atoms with van der Waals surface area (Å²) in [6.45, 7) is 2.31. The molecule has 242 valence electrons. The normalized spacial score (nSPS) is 23.7. The Hall–Kier alpha value is -4.28. The number of carbonyl (C=O) groups excluding carboxylic acids is 5. The summed E-state index contributed by atoms with van der Waals surface area (Å²) >= 11 is 3.65. The molecule has 5 rings (SSSR count). The van der Waals surface area contributed by atoms with Crippen LogP contribution in [0.2, 0.25) is 0 Å². The Morgan fingerprint density at radius 2 is 1.93 bits per heavy atom. The smallest absolute Gasteiger partial charge is 0.321 e. The van der Waals surface area contributed by atoms with E-state index in [1.807, 2.05) is 12.1 Å². The van der Waals surface area contributed by atoms with Crippen LogP contribution in [-0.4, -0.2) is 105 Å². The first kappa shape index (κ1) is 33.6. The molecule has 2 aromatic rings. The average Bonchev–Trinajstić information content (AvgIpc) is 3.33. The fourth-order valence-electron chi connectivity index (χ4n) is 5.26. The number of hydrogen-bond acceptors (Lipinski definition) is 11. The summed E-state index contributed by atoms with van der Waals surface area (Å²) in [6.07, 6.45) is 1.49. The molecule has 5 atom stereocenters. The van der Waals surface area contributed by atoms with E-state index in [2.05, 4.69) is 28.2 Å². The predicted molar refractivity (Wildman–Crippen MR) is 161 cm³/mol. The van der Waals surface area contributed by atoms with E-state index in [9.17, 15) is 28.8 Å². The fourth-order valence-corrected chi connectivity index (χ4v) is 5.42. The number of carboxylic acids is 1. The molecule has 4 amide bonds. The predicted octanol–water partition coefficient (Wildman–Crippen LogP) is -0.0160. The van der Waals surface area contributed by atoms with Gasteiger partial charge in [-0.15, -0.1) is 0 Å². The van der Waals surface area contributed by atoms with Gasteiger partial charge in [0, 0.05) is 36.9 Å². The molecule has 3 saturated heterocycles. The molecule has 0 spiro atoms. The zero-order valence-electron chi connectivity index (χ0n) is 24.6. The highest BCUT2D eigenvalue weighted by molar-refractivity contribution is 7.80. The summed E-state index contributed by atoms with van der Waals surface area (Å²) in [6, 6.07) is 5.51. The standard InChI is InChI=1S/C26H29N5O7.C3H7NO2S/c1-2-37-26-18(14-21(33)38-26)29-23(34)19-8-5-13-30-20(32)10-9-17(25(36)31(19)30)28-24(35)22-16-7-4-3-6-15(16)11-12-27-22;4-2(1-7)3(5)6/h3-4,6-7,11-12,17-19,26H,2,5,8-10,13-14H2,1H3,(H,28,35)(H,29,34);2,7H,1,4H2,(H,5,6)/t17-,18-,19-,26+;/m0./s1. The second-order valence-electron chi connectivity index (χ2n) is 10.6. The first-order valence-electron chi connectivity index (χ1n) is 14.5. The molecule has 1 aromatic carbocycles. The third kappa shape index (κ3) is 7.87. The first-order valence-corrected chi connectivity index (χ1v) is 15.2. The minimum absolute atomic E-state index is 0.0296. The molecule has 3 fully saturated rings. The van der Waals surface area contributed by atoms with Gasteiger partial charge in [-0.25, -0.2) is 5.01 Å². The van der Waals surface area contributed by atoms with Gasteiger partial charge < -0.3 is 30.9 Å². The number of rotatable bonds is 8. The second-order valence-corrected chi connectivity index (χ2v) is 10.9. The van der Waals surface area contributed by atoms with Crippen LogP contribution in [0.1, 0.15) is 49.5 Å². The Morgan fingerprint density at radius 1 is 1.18 bits per heavy atom. The van der Waals surface area contributed by atoms with Gasteiger partial charge in [0.15, 0.2) is 0 Å². The highest BCUT2D eigenvalue weighted by Gasteiger charge is 2.46. The number of fused-ring (bicyclic) bond motifs is 2. The summed E-state index contributed by atoms with van der Waals surface area (Å²) < 4.78 is 10.5. The van der Waals surface area contributed by atoms with Crippen LogP contribution in [0.3, 0.4) is 0 Å². The van der Waals surface area contributed by atoms with E-state index < -0.39 is 60.1 Å². The summed E-state index contributed by atoms with van der Waals surface area (Å²) in [5.74, 6) is -3.23. The number of ether oxygens (including phenoxy) is 2. The van der Waals surface area contributed by atoms with Crippen molar-refractivity contribution < 1.29 is 43.3 Å². The number of benzene rings is 1. The molecular weight excluding hydrogens is 608 g/mol. The Kier molecular flexibility index (Phi) is 11.3. The third-order valence-corrected chi connectivity index (χ3v) is 7.89. The van der Waals surface area contributed by atoms with E-state index in [-0.39, 0.29) is 49.8 Å². The van der Waals surface area contributed by atoms with Crippen molar-refractivity contribution in [3.05, 3.63) is 42.2 Å². The maximum absolute atomic E-state index is 13.7. The number of cyclic esters (lactones) is 1. The number of nitrogens with one attached hydrogen (secondary N) is 2. The summed E-state index contributed by atoms with van der Waals surface area (Å²) in [7, 11) is 0. The van der Waals surface area contributed by atoms with Crippen molar-refractivity contribution in [2.45, 2.75) is 69.5 Å². The molecule has 5 N–H and O–H groups in total. The minimum Gasteiger partial charge on any atom is -0.480 e. The van der Waals surface area contributed by atoms with Crippen molar-refractivity contribution in [3.63, 3.8) is 0 Å². The van der Waals surface area contributed by atoms with Crippen LogP contribution in [0.15, 0.2) is 36.5 Å². The number of esters is 1. The lowest BCUT2D eigenvalue weighted by atomic mass is 10.0. The molecule has 15 nitrogen and oxygen atoms in total. The maximum Gasteiger partial charge on any atom is 0.321 e. The molecule has 0 bridgehead atoms. The Labute approximate surface area is 264 Å². The number of thiol groups is 1. The molecule has 1 aromatic heterocycles. The van der Waals surface area contributed by atoms with Gasteiger partial charge in [-0.3, -0.25) is 38.8 Å². The van der Waals surface area contributed by atoms with Crippen LogP contribution >= 0.6 is 12.6 Å². The van der Waals surface area contributed by atoms with E-state index in [4.69, 9.17) is 20.3 Å².